The van der Waals surface area contributed by atoms with Gasteiger partial charge in [0.15, 0.2) is 0 Å². The average molecular weight is 377 g/mol. The highest BCUT2D eigenvalue weighted by atomic mass is 32.2. The minimum Gasteiger partial charge on any atom is -0.201 e. The van der Waals surface area contributed by atoms with Crippen LogP contribution in [-0.2, 0) is 10.0 Å². The van der Waals surface area contributed by atoms with Crippen LogP contribution in [0.15, 0.2) is 89.8 Å². The highest BCUT2D eigenvalue weighted by Gasteiger charge is 2.46. The Hall–Kier alpha value is -2.80. The number of sulfonamides is 1. The van der Waals surface area contributed by atoms with E-state index in [1.54, 1.807) is 0 Å². The zero-order valence-corrected chi connectivity index (χ0v) is 14.2. The van der Waals surface area contributed by atoms with Crippen LogP contribution in [0.1, 0.15) is 0 Å². The summed E-state index contributed by atoms with van der Waals surface area (Å²) < 4.78 is 65.2. The lowest BCUT2D eigenvalue weighted by Crippen LogP contribution is -2.42. The molecule has 7 heteroatoms. The van der Waals surface area contributed by atoms with Crippen LogP contribution in [0.3, 0.4) is 0 Å². The summed E-state index contributed by atoms with van der Waals surface area (Å²) in [7, 11) is -4.80. The van der Waals surface area contributed by atoms with E-state index in [-0.39, 0.29) is 0 Å². The van der Waals surface area contributed by atoms with E-state index in [0.717, 1.165) is 17.7 Å². The van der Waals surface area contributed by atoms with Gasteiger partial charge in [-0.05, 0) is 35.4 Å². The van der Waals surface area contributed by atoms with E-state index in [0.29, 0.717) is 5.56 Å². The smallest absolute Gasteiger partial charge is 0.201 e. The van der Waals surface area contributed by atoms with Crippen LogP contribution >= 0.6 is 0 Å². The first-order valence-electron chi connectivity index (χ1n) is 7.63. The molecule has 0 N–H and O–H groups in total. The van der Waals surface area contributed by atoms with E-state index in [4.69, 9.17) is 0 Å². The molecule has 0 saturated carbocycles. The van der Waals surface area contributed by atoms with Crippen molar-refractivity contribution < 1.29 is 21.6 Å². The van der Waals surface area contributed by atoms with Gasteiger partial charge >= 0.3 is 6.30 Å². The maximum absolute atomic E-state index is 13.5. The second-order valence-corrected chi connectivity index (χ2v) is 7.25. The summed E-state index contributed by atoms with van der Waals surface area (Å²) >= 11 is 0. The summed E-state index contributed by atoms with van der Waals surface area (Å²) in [5.74, 6) is 0. The normalized spacial score (nSPS) is 12.0. The van der Waals surface area contributed by atoms with Crippen molar-refractivity contribution in [3.05, 3.63) is 84.9 Å². The summed E-state index contributed by atoms with van der Waals surface area (Å²) in [6.07, 6.45) is -5.09. The Morgan fingerprint density at radius 3 is 1.62 bits per heavy atom. The van der Waals surface area contributed by atoms with E-state index in [1.807, 2.05) is 30.3 Å². The van der Waals surface area contributed by atoms with Crippen molar-refractivity contribution in [2.75, 3.05) is 4.31 Å². The van der Waals surface area contributed by atoms with Crippen molar-refractivity contribution in [2.24, 2.45) is 0 Å². The fraction of sp³-hybridized carbons (Fsp3) is 0.0526. The molecule has 3 aromatic rings. The zero-order chi connectivity index (χ0) is 18.8. The van der Waals surface area contributed by atoms with Gasteiger partial charge in [0.25, 0.3) is 10.0 Å². The van der Waals surface area contributed by atoms with Gasteiger partial charge in [0, 0.05) is 0 Å². The number of para-hydroxylation sites is 1. The molecule has 0 bridgehead atoms. The fourth-order valence-electron chi connectivity index (χ4n) is 2.54. The van der Waals surface area contributed by atoms with Crippen molar-refractivity contribution in [2.45, 2.75) is 11.2 Å². The van der Waals surface area contributed by atoms with Gasteiger partial charge < -0.3 is 0 Å². The van der Waals surface area contributed by atoms with Crippen molar-refractivity contribution in [1.82, 2.24) is 0 Å². The Bertz CT molecular complexity index is 971. The molecule has 0 unspecified atom stereocenters. The number of hydrogen-bond acceptors (Lipinski definition) is 2. The van der Waals surface area contributed by atoms with Gasteiger partial charge in [0.05, 0.1) is 10.6 Å². The Labute approximate surface area is 149 Å². The molecular formula is C19H14F3NO2S. The molecule has 0 radical (unpaired) electrons. The SMILES string of the molecule is O=S(=O)(c1ccc(-c2ccccc2)cc1)N(c1ccccc1)C(F)(F)F. The fourth-order valence-corrected chi connectivity index (χ4v) is 3.90. The number of anilines is 1. The topological polar surface area (TPSA) is 37.4 Å². The number of nitrogens with zero attached hydrogens (tertiary/aromatic N) is 1. The van der Waals surface area contributed by atoms with Crippen molar-refractivity contribution in [1.29, 1.82) is 0 Å². The summed E-state index contributed by atoms with van der Waals surface area (Å²) in [5.41, 5.74) is 1.09. The molecule has 0 aliphatic carbocycles. The van der Waals surface area contributed by atoms with Crippen LogP contribution in [0.25, 0.3) is 11.1 Å². The first kappa shape index (κ1) is 18.0. The van der Waals surface area contributed by atoms with Gasteiger partial charge in [0.1, 0.15) is 0 Å². The van der Waals surface area contributed by atoms with E-state index < -0.39 is 31.2 Å². The van der Waals surface area contributed by atoms with Gasteiger partial charge in [-0.2, -0.15) is 4.31 Å². The lowest BCUT2D eigenvalue weighted by atomic mass is 10.1. The summed E-state index contributed by atoms with van der Waals surface area (Å²) in [5, 5.41) is 0. The van der Waals surface area contributed by atoms with Crippen LogP contribution in [0.4, 0.5) is 18.9 Å². The van der Waals surface area contributed by atoms with Crippen molar-refractivity contribution in [3.8, 4) is 11.1 Å². The maximum Gasteiger partial charge on any atom is 0.498 e. The van der Waals surface area contributed by atoms with Crippen LogP contribution in [0.5, 0.6) is 0 Å². The molecule has 0 aromatic heterocycles. The highest BCUT2D eigenvalue weighted by molar-refractivity contribution is 7.92. The second kappa shape index (κ2) is 6.84. The van der Waals surface area contributed by atoms with Gasteiger partial charge in [-0.1, -0.05) is 60.7 Å². The Morgan fingerprint density at radius 2 is 1.12 bits per heavy atom. The molecular weight excluding hydrogens is 363 g/mol. The molecule has 0 aliphatic rings. The van der Waals surface area contributed by atoms with E-state index >= 15 is 0 Å². The molecule has 0 aliphatic heterocycles. The molecule has 0 spiro atoms. The van der Waals surface area contributed by atoms with Gasteiger partial charge in [-0.3, -0.25) is 0 Å². The number of hydrogen-bond donors (Lipinski definition) is 0. The largest absolute Gasteiger partial charge is 0.498 e. The minimum atomic E-state index is -5.09. The molecule has 134 valence electrons. The number of rotatable bonds is 4. The number of benzene rings is 3. The third-order valence-corrected chi connectivity index (χ3v) is 5.49. The van der Waals surface area contributed by atoms with Crippen LogP contribution in [-0.4, -0.2) is 14.7 Å². The standard InChI is InChI=1S/C19H14F3NO2S/c20-19(21,22)23(17-9-5-2-6-10-17)26(24,25)18-13-11-16(12-14-18)15-7-3-1-4-8-15/h1-14H. The Morgan fingerprint density at radius 1 is 0.654 bits per heavy atom. The van der Waals surface area contributed by atoms with Crippen molar-refractivity contribution in [3.63, 3.8) is 0 Å². The lowest BCUT2D eigenvalue weighted by molar-refractivity contribution is -0.115. The van der Waals surface area contributed by atoms with Gasteiger partial charge in [-0.25, -0.2) is 8.42 Å². The molecule has 0 amide bonds. The highest BCUT2D eigenvalue weighted by Crippen LogP contribution is 2.35. The molecule has 3 rings (SSSR count). The molecule has 0 saturated heterocycles. The first-order chi connectivity index (χ1) is 12.3. The number of alkyl halides is 3. The quantitative estimate of drug-likeness (QED) is 0.596. The summed E-state index contributed by atoms with van der Waals surface area (Å²) in [4.78, 5) is -0.432. The molecule has 0 heterocycles. The lowest BCUT2D eigenvalue weighted by Gasteiger charge is -2.26. The molecule has 0 atom stereocenters. The first-order valence-corrected chi connectivity index (χ1v) is 9.07. The second-order valence-electron chi connectivity index (χ2n) is 5.46. The van der Waals surface area contributed by atoms with E-state index in [9.17, 15) is 21.6 Å². The zero-order valence-electron chi connectivity index (χ0n) is 13.4. The van der Waals surface area contributed by atoms with E-state index in [2.05, 4.69) is 0 Å². The monoisotopic (exact) mass is 377 g/mol. The average Bonchev–Trinajstić information content (AvgIpc) is 2.62. The van der Waals surface area contributed by atoms with Crippen LogP contribution in [0, 0.1) is 0 Å². The summed E-state index contributed by atoms with van der Waals surface area (Å²) in [6.45, 7) is 0. The Kier molecular flexibility index (Phi) is 4.73. The minimum absolute atomic E-state index is 0.432. The summed E-state index contributed by atoms with van der Waals surface area (Å²) in [6, 6.07) is 20.9. The molecule has 26 heavy (non-hydrogen) atoms. The Balaban J connectivity index is 2.03. The van der Waals surface area contributed by atoms with Crippen LogP contribution in [0.2, 0.25) is 0 Å². The number of halogens is 3. The van der Waals surface area contributed by atoms with Crippen LogP contribution < -0.4 is 4.31 Å². The third kappa shape index (κ3) is 3.57. The molecule has 0 fully saturated rings. The van der Waals surface area contributed by atoms with Gasteiger partial charge in [0.2, 0.25) is 0 Å². The molecule has 3 nitrogen and oxygen atoms in total. The predicted molar refractivity (Wildman–Crippen MR) is 94.0 cm³/mol. The maximum atomic E-state index is 13.5. The molecule has 3 aromatic carbocycles. The van der Waals surface area contributed by atoms with E-state index in [1.165, 1.54) is 42.5 Å². The van der Waals surface area contributed by atoms with Crippen molar-refractivity contribution >= 4 is 15.7 Å². The third-order valence-electron chi connectivity index (χ3n) is 3.72. The predicted octanol–water partition coefficient (Wildman–Crippen LogP) is 5.07. The van der Waals surface area contributed by atoms with Gasteiger partial charge in [-0.15, -0.1) is 13.2 Å².